The summed E-state index contributed by atoms with van der Waals surface area (Å²) in [7, 11) is 0. The molecule has 7 nitrogen and oxygen atoms in total. The summed E-state index contributed by atoms with van der Waals surface area (Å²) in [5, 5.41) is 5.50. The number of piperazine rings is 1. The molecule has 2 N–H and O–H groups in total. The Labute approximate surface area is 180 Å². The molecule has 0 amide bonds. The largest absolute Gasteiger partial charge is 0.361 e. The minimum absolute atomic E-state index is 0.220. The van der Waals surface area contributed by atoms with E-state index in [1.807, 2.05) is 12.3 Å². The second kappa shape index (κ2) is 9.42. The number of rotatable bonds is 6. The van der Waals surface area contributed by atoms with Gasteiger partial charge in [0.05, 0.1) is 0 Å². The molecule has 1 fully saturated rings. The summed E-state index contributed by atoms with van der Waals surface area (Å²) in [5.41, 5.74) is 2.00. The van der Waals surface area contributed by atoms with Gasteiger partial charge in [-0.15, -0.1) is 0 Å². The third kappa shape index (κ3) is 4.56. The molecule has 0 bridgehead atoms. The fraction of sp³-hybridized carbons (Fsp3) is 0.476. The number of H-pyrrole nitrogens is 1. The molecule has 2 aromatic heterocycles. The number of fused-ring (bicyclic) bond motifs is 1. The first-order valence-electron chi connectivity index (χ1n) is 10.5. The first kappa shape index (κ1) is 20.6. The van der Waals surface area contributed by atoms with Crippen molar-refractivity contribution in [2.45, 2.75) is 26.7 Å². The summed E-state index contributed by atoms with van der Waals surface area (Å²) in [6.45, 7) is 9.32. The molecule has 0 unspecified atom stereocenters. The summed E-state index contributed by atoms with van der Waals surface area (Å²) < 4.78 is 17.8. The third-order valence-electron chi connectivity index (χ3n) is 5.33. The number of nitrogens with one attached hydrogen (secondary N) is 2. The lowest BCUT2D eigenvalue weighted by atomic mass is 10.1. The van der Waals surface area contributed by atoms with E-state index in [0.717, 1.165) is 78.9 Å². The first-order chi connectivity index (χ1) is 14.7. The summed E-state index contributed by atoms with van der Waals surface area (Å²) in [6.07, 6.45) is 3.64. The van der Waals surface area contributed by atoms with Crippen molar-refractivity contribution in [2.24, 2.45) is 4.99 Å². The van der Waals surface area contributed by atoms with Gasteiger partial charge >= 0.3 is 0 Å². The smallest absolute Gasteiger partial charge is 0.205 e. The quantitative estimate of drug-likeness (QED) is 0.465. The van der Waals surface area contributed by atoms with Crippen LogP contribution in [0.5, 0.6) is 0 Å². The van der Waals surface area contributed by atoms with E-state index in [0.29, 0.717) is 6.54 Å². The van der Waals surface area contributed by atoms with Crippen molar-refractivity contribution < 1.29 is 4.39 Å². The molecule has 30 heavy (non-hydrogen) atoms. The lowest BCUT2D eigenvalue weighted by Gasteiger charge is -2.36. The van der Waals surface area contributed by atoms with Crippen LogP contribution in [-0.2, 0) is 12.8 Å². The molecule has 0 saturated carbocycles. The molecule has 1 aromatic carbocycles. The maximum Gasteiger partial charge on any atom is 0.205 e. The lowest BCUT2D eigenvalue weighted by molar-refractivity contribution is 0.372. The van der Waals surface area contributed by atoms with Crippen LogP contribution in [0.2, 0.25) is 0 Å². The minimum Gasteiger partial charge on any atom is -0.361 e. The van der Waals surface area contributed by atoms with Crippen molar-refractivity contribution >= 4 is 33.5 Å². The fourth-order valence-corrected chi connectivity index (χ4v) is 4.50. The fourth-order valence-electron chi connectivity index (χ4n) is 3.70. The second-order valence-electron chi connectivity index (χ2n) is 7.31. The average Bonchev–Trinajstić information content (AvgIpc) is 3.40. The molecule has 0 spiro atoms. The monoisotopic (exact) mass is 429 g/mol. The molecule has 3 heterocycles. The Morgan fingerprint density at radius 1 is 1.27 bits per heavy atom. The Morgan fingerprint density at radius 3 is 2.83 bits per heavy atom. The highest BCUT2D eigenvalue weighted by atomic mass is 32.1. The highest BCUT2D eigenvalue weighted by molar-refractivity contribution is 7.09. The van der Waals surface area contributed by atoms with Gasteiger partial charge < -0.3 is 20.1 Å². The second-order valence-corrected chi connectivity index (χ2v) is 8.04. The van der Waals surface area contributed by atoms with Crippen LogP contribution in [0.4, 0.5) is 9.52 Å². The van der Waals surface area contributed by atoms with Gasteiger partial charge in [-0.1, -0.05) is 6.92 Å². The van der Waals surface area contributed by atoms with Crippen LogP contribution in [0.25, 0.3) is 10.9 Å². The SMILES string of the molecule is CCNC(=NCCc1c[nH]c2cc(F)ccc12)N1CCN(c2nc(CC)ns2)CC1. The van der Waals surface area contributed by atoms with Crippen LogP contribution < -0.4 is 10.2 Å². The number of benzene rings is 1. The van der Waals surface area contributed by atoms with Crippen molar-refractivity contribution in [3.63, 3.8) is 0 Å². The Bertz CT molecular complexity index is 1000. The standard InChI is InChI=1S/C21H28FN7S/c1-3-19-26-21(30-27-19)29-11-9-28(10-12-29)20(23-4-2)24-8-7-15-14-25-18-13-16(22)5-6-17(15)18/h5-6,13-14,25H,3-4,7-12H2,1-2H3,(H,23,24). The number of aryl methyl sites for hydroxylation is 1. The number of halogens is 1. The van der Waals surface area contributed by atoms with Gasteiger partial charge in [-0.2, -0.15) is 4.37 Å². The number of nitrogens with zero attached hydrogens (tertiary/aromatic N) is 5. The maximum absolute atomic E-state index is 13.4. The summed E-state index contributed by atoms with van der Waals surface area (Å²) in [6, 6.07) is 4.88. The molecule has 1 aliphatic rings. The van der Waals surface area contributed by atoms with Gasteiger partial charge in [0.25, 0.3) is 0 Å². The van der Waals surface area contributed by atoms with E-state index < -0.39 is 0 Å². The van der Waals surface area contributed by atoms with Crippen LogP contribution >= 0.6 is 11.5 Å². The molecule has 0 radical (unpaired) electrons. The molecule has 0 aliphatic carbocycles. The van der Waals surface area contributed by atoms with Crippen LogP contribution in [0.3, 0.4) is 0 Å². The molecular formula is C21H28FN7S. The maximum atomic E-state index is 13.4. The Kier molecular flexibility index (Phi) is 6.47. The van der Waals surface area contributed by atoms with Gasteiger partial charge in [0.15, 0.2) is 5.96 Å². The molecule has 1 saturated heterocycles. The number of hydrogen-bond acceptors (Lipinski definition) is 5. The number of guanidine groups is 1. The summed E-state index contributed by atoms with van der Waals surface area (Å²) >= 11 is 1.49. The Morgan fingerprint density at radius 2 is 2.10 bits per heavy atom. The molecule has 0 atom stereocenters. The molecule has 9 heteroatoms. The van der Waals surface area contributed by atoms with E-state index in [9.17, 15) is 4.39 Å². The highest BCUT2D eigenvalue weighted by Crippen LogP contribution is 2.21. The van der Waals surface area contributed by atoms with Gasteiger partial charge in [-0.05, 0) is 37.1 Å². The van der Waals surface area contributed by atoms with Crippen molar-refractivity contribution in [1.82, 2.24) is 24.6 Å². The molecule has 4 rings (SSSR count). The predicted molar refractivity (Wildman–Crippen MR) is 121 cm³/mol. The van der Waals surface area contributed by atoms with Gasteiger partial charge in [-0.3, -0.25) is 4.99 Å². The van der Waals surface area contributed by atoms with Gasteiger partial charge in [-0.25, -0.2) is 9.37 Å². The normalized spacial score (nSPS) is 15.2. The molecule has 160 valence electrons. The lowest BCUT2D eigenvalue weighted by Crippen LogP contribution is -2.52. The third-order valence-corrected chi connectivity index (χ3v) is 6.15. The Hall–Kier alpha value is -2.68. The van der Waals surface area contributed by atoms with Crippen molar-refractivity contribution in [3.05, 3.63) is 41.6 Å². The van der Waals surface area contributed by atoms with Gasteiger partial charge in [0, 0.05) is 74.3 Å². The summed E-state index contributed by atoms with van der Waals surface area (Å²) in [4.78, 5) is 17.2. The van der Waals surface area contributed by atoms with Crippen LogP contribution in [0.15, 0.2) is 29.4 Å². The number of aromatic nitrogens is 3. The Balaban J connectivity index is 1.36. The van der Waals surface area contributed by atoms with Crippen LogP contribution in [-0.4, -0.2) is 64.5 Å². The van der Waals surface area contributed by atoms with Gasteiger partial charge in [0.2, 0.25) is 5.13 Å². The van der Waals surface area contributed by atoms with Crippen molar-refractivity contribution in [3.8, 4) is 0 Å². The van der Waals surface area contributed by atoms with E-state index in [1.54, 1.807) is 0 Å². The molecular weight excluding hydrogens is 401 g/mol. The van der Waals surface area contributed by atoms with E-state index >= 15 is 0 Å². The van der Waals surface area contributed by atoms with Crippen molar-refractivity contribution in [1.29, 1.82) is 0 Å². The zero-order chi connectivity index (χ0) is 20.9. The number of aromatic amines is 1. The van der Waals surface area contributed by atoms with E-state index in [4.69, 9.17) is 4.99 Å². The van der Waals surface area contributed by atoms with Gasteiger partial charge in [0.1, 0.15) is 11.6 Å². The number of hydrogen-bond donors (Lipinski definition) is 2. The predicted octanol–water partition coefficient (Wildman–Crippen LogP) is 3.05. The topological polar surface area (TPSA) is 72.4 Å². The van der Waals surface area contributed by atoms with E-state index in [1.165, 1.54) is 23.7 Å². The van der Waals surface area contributed by atoms with Crippen molar-refractivity contribution in [2.75, 3.05) is 44.2 Å². The molecule has 3 aromatic rings. The summed E-state index contributed by atoms with van der Waals surface area (Å²) in [5.74, 6) is 1.66. The van der Waals surface area contributed by atoms with E-state index in [-0.39, 0.29) is 5.82 Å². The zero-order valence-corrected chi connectivity index (χ0v) is 18.3. The highest BCUT2D eigenvalue weighted by Gasteiger charge is 2.22. The minimum atomic E-state index is -0.220. The van der Waals surface area contributed by atoms with E-state index in [2.05, 4.69) is 43.3 Å². The number of anilines is 1. The first-order valence-corrected chi connectivity index (χ1v) is 11.3. The van der Waals surface area contributed by atoms with Crippen LogP contribution in [0.1, 0.15) is 25.2 Å². The zero-order valence-electron chi connectivity index (χ0n) is 17.5. The van der Waals surface area contributed by atoms with Crippen LogP contribution in [0, 0.1) is 5.82 Å². The number of aliphatic imine (C=N–C) groups is 1. The molecule has 1 aliphatic heterocycles. The average molecular weight is 430 g/mol.